The first-order valence-electron chi connectivity index (χ1n) is 8.06. The van der Waals surface area contributed by atoms with E-state index >= 15 is 0 Å². The summed E-state index contributed by atoms with van der Waals surface area (Å²) in [6.45, 7) is 0. The zero-order valence-corrected chi connectivity index (χ0v) is 19.2. The van der Waals surface area contributed by atoms with Gasteiger partial charge in [0.15, 0.2) is 0 Å². The van der Waals surface area contributed by atoms with E-state index in [0.717, 1.165) is 16.7 Å². The van der Waals surface area contributed by atoms with Crippen molar-refractivity contribution in [1.29, 1.82) is 0 Å². The molecular weight excluding hydrogens is 390 g/mol. The van der Waals surface area contributed by atoms with E-state index in [-0.39, 0.29) is 35.5 Å². The zero-order chi connectivity index (χ0) is 17.4. The van der Waals surface area contributed by atoms with Gasteiger partial charge in [-0.15, -0.1) is 0 Å². The molecule has 26 heavy (non-hydrogen) atoms. The maximum Gasteiger partial charge on any atom is 2.00 e. The Hall–Kier alpha value is -0.501. The molecule has 3 aromatic carbocycles. The number of halogens is 2. The van der Waals surface area contributed by atoms with Crippen molar-refractivity contribution in [3.05, 3.63) is 108 Å². The predicted molar refractivity (Wildman–Crippen MR) is 108 cm³/mol. The third kappa shape index (κ3) is 6.91. The van der Waals surface area contributed by atoms with Gasteiger partial charge in [-0.3, -0.25) is 10.0 Å². The van der Waals surface area contributed by atoms with Crippen LogP contribution in [0.25, 0.3) is 0 Å². The second kappa shape index (κ2) is 12.8. The Morgan fingerprint density at radius 3 is 1.04 bits per heavy atom. The summed E-state index contributed by atoms with van der Waals surface area (Å²) in [5.74, 6) is 4.14. The van der Waals surface area contributed by atoms with E-state index < -0.39 is 18.8 Å². The third-order valence-electron chi connectivity index (χ3n) is 3.54. The van der Waals surface area contributed by atoms with E-state index in [4.69, 9.17) is 10.0 Å². The van der Waals surface area contributed by atoms with E-state index in [1.165, 1.54) is 0 Å². The van der Waals surface area contributed by atoms with Crippen LogP contribution < -0.4 is 17.5 Å². The predicted octanol–water partition coefficient (Wildman–Crippen LogP) is 1.44. The minimum absolute atomic E-state index is 0. The fourth-order valence-electron chi connectivity index (χ4n) is 2.52. The van der Waals surface area contributed by atoms with Gasteiger partial charge in [0.25, 0.3) is 0 Å². The molecule has 0 spiro atoms. The first kappa shape index (κ1) is 25.5. The second-order valence-corrected chi connectivity index (χ2v) is 10.4. The van der Waals surface area contributed by atoms with Crippen molar-refractivity contribution in [3.63, 3.8) is 0 Å². The molecule has 0 N–H and O–H groups in total. The molecule has 0 amide bonds. The van der Waals surface area contributed by atoms with Crippen LogP contribution in [0.2, 0.25) is 11.6 Å². The molecule has 0 aromatic heterocycles. The summed E-state index contributed by atoms with van der Waals surface area (Å²) < 4.78 is 0. The molecule has 0 saturated heterocycles. The van der Waals surface area contributed by atoms with E-state index in [1.54, 1.807) is 0 Å². The summed E-state index contributed by atoms with van der Waals surface area (Å²) in [6.07, 6.45) is 0. The molecule has 3 aromatic rings. The van der Waals surface area contributed by atoms with Gasteiger partial charge in [-0.05, 0) is 22.3 Å². The third-order valence-corrected chi connectivity index (χ3v) is 3.54. The summed E-state index contributed by atoms with van der Waals surface area (Å²) in [7, 11) is 5.41. The Kier molecular flexibility index (Phi) is 12.6. The molecule has 0 heterocycles. The van der Waals surface area contributed by atoms with Crippen LogP contribution in [-0.4, -0.2) is 36.3 Å². The fraction of sp³-hybridized carbons (Fsp3) is 0.143. The second-order valence-electron chi connectivity index (χ2n) is 5.79. The van der Waals surface area contributed by atoms with Crippen molar-refractivity contribution in [2.75, 3.05) is 0 Å². The Morgan fingerprint density at radius 2 is 0.846 bits per heavy atom. The molecule has 0 fully saturated rings. The Labute approximate surface area is 187 Å². The van der Waals surface area contributed by atoms with Crippen molar-refractivity contribution in [2.45, 2.75) is 17.2 Å². The summed E-state index contributed by atoms with van der Waals surface area (Å²) in [4.78, 5) is 0. The van der Waals surface area contributed by atoms with Crippen molar-refractivity contribution < 1.29 is 17.5 Å². The molecule has 130 valence electrons. The van der Waals surface area contributed by atoms with E-state index in [2.05, 4.69) is 11.6 Å². The smallest absolute Gasteiger partial charge is 1.00 e. The van der Waals surface area contributed by atoms with Crippen molar-refractivity contribution in [3.8, 4) is 0 Å². The molecule has 0 aliphatic rings. The van der Waals surface area contributed by atoms with Gasteiger partial charge in [-0.1, -0.05) is 103 Å². The van der Waals surface area contributed by atoms with E-state index in [9.17, 15) is 5.11 Å². The van der Waals surface area contributed by atoms with Gasteiger partial charge in [0.1, 0.15) is 0 Å². The van der Waals surface area contributed by atoms with E-state index in [0.29, 0.717) is 0 Å². The molecule has 0 unspecified atom stereocenters. The van der Waals surface area contributed by atoms with Crippen LogP contribution >= 0.6 is 10.0 Å². The zero-order valence-electron chi connectivity index (χ0n) is 15.1. The van der Waals surface area contributed by atoms with Crippen molar-refractivity contribution >= 4 is 46.3 Å². The van der Waals surface area contributed by atoms with Gasteiger partial charge >= 0.3 is 36.3 Å². The Bertz CT molecular complexity index is 625. The van der Waals surface area contributed by atoms with Gasteiger partial charge in [-0.25, -0.2) is 0 Å². The van der Waals surface area contributed by atoms with Gasteiger partial charge in [0, 0.05) is 0 Å². The molecule has 0 bridgehead atoms. The van der Waals surface area contributed by atoms with Crippen molar-refractivity contribution in [1.82, 2.24) is 0 Å². The number of rotatable bonds is 3. The molecule has 3 rings (SSSR count). The molecular formula is C21H21AlCl2MgO. The van der Waals surface area contributed by atoms with Crippen LogP contribution in [0.3, 0.4) is 0 Å². The largest absolute Gasteiger partial charge is 2.00 e. The van der Waals surface area contributed by atoms with Crippen LogP contribution in [-0.2, 0) is 5.60 Å². The molecule has 1 nitrogen and oxygen atoms in total. The van der Waals surface area contributed by atoms with Crippen LogP contribution in [0.15, 0.2) is 91.0 Å². The monoisotopic (exact) mass is 410 g/mol. The SMILES string of the molecule is [CH3][Al]([CH3])[Cl].[Cl-].[Mg+2].[O-]C(c1ccccc1)(c1ccccc1)c1ccccc1. The molecule has 0 radical (unpaired) electrons. The number of benzene rings is 3. The summed E-state index contributed by atoms with van der Waals surface area (Å²) in [5.41, 5.74) is 0.913. The number of hydrogen-bond donors (Lipinski definition) is 0. The maximum atomic E-state index is 13.7. The van der Waals surface area contributed by atoms with Crippen molar-refractivity contribution in [2.24, 2.45) is 0 Å². The molecule has 0 saturated carbocycles. The molecule has 0 aliphatic heterocycles. The maximum absolute atomic E-state index is 13.7. The average molecular weight is 412 g/mol. The number of hydrogen-bond acceptors (Lipinski definition) is 1. The van der Waals surface area contributed by atoms with Gasteiger partial charge in [0.2, 0.25) is 0 Å². The molecule has 0 atom stereocenters. The molecule has 0 aliphatic carbocycles. The summed E-state index contributed by atoms with van der Waals surface area (Å²) in [5, 5.41) is 13.7. The van der Waals surface area contributed by atoms with Gasteiger partial charge in [0.05, 0.1) is 0 Å². The fourth-order valence-corrected chi connectivity index (χ4v) is 2.52. The first-order valence-corrected chi connectivity index (χ1v) is 12.1. The van der Waals surface area contributed by atoms with Gasteiger partial charge in [-0.2, -0.15) is 0 Å². The Morgan fingerprint density at radius 1 is 0.654 bits per heavy atom. The van der Waals surface area contributed by atoms with Crippen LogP contribution in [0.5, 0.6) is 0 Å². The molecule has 5 heteroatoms. The average Bonchev–Trinajstić information content (AvgIpc) is 2.63. The van der Waals surface area contributed by atoms with Crippen LogP contribution in [0, 0.1) is 0 Å². The topological polar surface area (TPSA) is 23.1 Å². The van der Waals surface area contributed by atoms with Crippen LogP contribution in [0.4, 0.5) is 0 Å². The Balaban J connectivity index is 0.000000951. The summed E-state index contributed by atoms with van der Waals surface area (Å²) >= 11 is -0.667. The standard InChI is InChI=1S/C19H15O.2CH3.Al.2ClH.Mg/c20-19(16-10-4-1-5-11-16,17-12-6-2-7-13-17)18-14-8-3-9-15-18;;;;;;/h1-15H;2*1H3;;2*1H;/q-1;;;+1;;;+2/p-2. The van der Waals surface area contributed by atoms with E-state index in [1.807, 2.05) is 91.0 Å². The quantitative estimate of drug-likeness (QED) is 0.473. The van der Waals surface area contributed by atoms with Gasteiger partial charge < -0.3 is 17.5 Å². The summed E-state index contributed by atoms with van der Waals surface area (Å²) in [6, 6.07) is 28.6. The minimum atomic E-state index is -1.37. The normalized spacial score (nSPS) is 9.69. The first-order chi connectivity index (χ1) is 11.5. The van der Waals surface area contributed by atoms with Crippen LogP contribution in [0.1, 0.15) is 16.7 Å². The minimum Gasteiger partial charge on any atom is -1.00 e.